The van der Waals surface area contributed by atoms with Gasteiger partial charge in [-0.1, -0.05) is 60.1 Å². The number of ether oxygens (including phenoxy) is 2. The highest BCUT2D eigenvalue weighted by Gasteiger charge is 2.30. The maximum absolute atomic E-state index is 13.7. The summed E-state index contributed by atoms with van der Waals surface area (Å²) in [6, 6.07) is 22.2. The molecule has 0 fully saturated rings. The molecule has 2 amide bonds. The van der Waals surface area contributed by atoms with Gasteiger partial charge < -0.3 is 19.7 Å². The maximum atomic E-state index is 13.7. The Morgan fingerprint density at radius 2 is 1.67 bits per heavy atom. The summed E-state index contributed by atoms with van der Waals surface area (Å²) in [6.07, 6.45) is 1.18. The van der Waals surface area contributed by atoms with Gasteiger partial charge in [-0.25, -0.2) is 0 Å². The Hall–Kier alpha value is -3.51. The zero-order valence-electron chi connectivity index (χ0n) is 20.6. The number of fused-ring (bicyclic) bond motifs is 1. The third-order valence-electron chi connectivity index (χ3n) is 6.01. The minimum absolute atomic E-state index is 0.0486. The Morgan fingerprint density at radius 1 is 0.917 bits per heavy atom. The van der Waals surface area contributed by atoms with E-state index in [-0.39, 0.29) is 37.6 Å². The molecule has 1 atom stereocenters. The first kappa shape index (κ1) is 25.6. The number of hydrogen-bond donors (Lipinski definition) is 1. The molecule has 0 radical (unpaired) electrons. The third-order valence-corrected chi connectivity index (χ3v) is 6.24. The largest absolute Gasteiger partial charge is 0.454 e. The lowest BCUT2D eigenvalue weighted by atomic mass is 10.0. The molecule has 36 heavy (non-hydrogen) atoms. The van der Waals surface area contributed by atoms with Gasteiger partial charge in [0.15, 0.2) is 11.5 Å². The van der Waals surface area contributed by atoms with Crippen LogP contribution in [0.15, 0.2) is 72.8 Å². The zero-order valence-corrected chi connectivity index (χ0v) is 21.3. The number of carbonyl (C=O) groups is 2. The Bertz CT molecular complexity index is 1200. The molecule has 1 heterocycles. The van der Waals surface area contributed by atoms with Crippen LogP contribution in [0.5, 0.6) is 11.5 Å². The molecule has 0 saturated carbocycles. The minimum Gasteiger partial charge on any atom is -0.454 e. The molecule has 0 saturated heterocycles. The van der Waals surface area contributed by atoms with E-state index in [1.54, 1.807) is 11.0 Å². The van der Waals surface area contributed by atoms with Gasteiger partial charge in [0.1, 0.15) is 6.04 Å². The summed E-state index contributed by atoms with van der Waals surface area (Å²) in [4.78, 5) is 28.8. The molecule has 0 bridgehead atoms. The summed E-state index contributed by atoms with van der Waals surface area (Å²) < 4.78 is 10.9. The fourth-order valence-corrected chi connectivity index (χ4v) is 4.47. The summed E-state index contributed by atoms with van der Waals surface area (Å²) in [5, 5.41) is 3.60. The molecule has 1 aliphatic rings. The highest BCUT2D eigenvalue weighted by atomic mass is 35.5. The van der Waals surface area contributed by atoms with E-state index >= 15 is 0 Å². The number of amides is 2. The Labute approximate surface area is 217 Å². The molecule has 1 aliphatic heterocycles. The first-order valence-electron chi connectivity index (χ1n) is 12.2. The summed E-state index contributed by atoms with van der Waals surface area (Å²) >= 11 is 6.23. The number of hydrogen-bond acceptors (Lipinski definition) is 4. The highest BCUT2D eigenvalue weighted by Crippen LogP contribution is 2.33. The van der Waals surface area contributed by atoms with Crippen LogP contribution in [0.3, 0.4) is 0 Å². The van der Waals surface area contributed by atoms with Crippen LogP contribution >= 0.6 is 11.6 Å². The van der Waals surface area contributed by atoms with Crippen molar-refractivity contribution in [2.24, 2.45) is 0 Å². The molecule has 3 aromatic carbocycles. The zero-order chi connectivity index (χ0) is 25.5. The molecule has 6 nitrogen and oxygen atoms in total. The van der Waals surface area contributed by atoms with E-state index in [1.165, 1.54) is 0 Å². The van der Waals surface area contributed by atoms with Crippen molar-refractivity contribution >= 4 is 23.4 Å². The van der Waals surface area contributed by atoms with E-state index in [9.17, 15) is 9.59 Å². The fraction of sp³-hybridized carbons (Fsp3) is 0.310. The molecule has 0 unspecified atom stereocenters. The van der Waals surface area contributed by atoms with E-state index in [1.807, 2.05) is 80.6 Å². The molecule has 0 aliphatic carbocycles. The van der Waals surface area contributed by atoms with Gasteiger partial charge >= 0.3 is 0 Å². The number of nitrogens with one attached hydrogen (secondary N) is 1. The molecule has 1 N–H and O–H groups in total. The Kier molecular flexibility index (Phi) is 8.49. The first-order valence-corrected chi connectivity index (χ1v) is 12.5. The average Bonchev–Trinajstić information content (AvgIpc) is 3.33. The van der Waals surface area contributed by atoms with Crippen LogP contribution in [-0.2, 0) is 29.0 Å². The molecule has 0 aromatic heterocycles. The van der Waals surface area contributed by atoms with Crippen LogP contribution in [0.4, 0.5) is 0 Å². The lowest BCUT2D eigenvalue weighted by Gasteiger charge is -2.32. The summed E-state index contributed by atoms with van der Waals surface area (Å²) in [6.45, 7) is 4.32. The third kappa shape index (κ3) is 6.79. The van der Waals surface area contributed by atoms with Crippen molar-refractivity contribution in [3.63, 3.8) is 0 Å². The van der Waals surface area contributed by atoms with E-state index < -0.39 is 6.04 Å². The van der Waals surface area contributed by atoms with Gasteiger partial charge in [-0.05, 0) is 61.2 Å². The maximum Gasteiger partial charge on any atom is 0.243 e. The summed E-state index contributed by atoms with van der Waals surface area (Å²) in [5.41, 5.74) is 2.83. The Balaban J connectivity index is 1.59. The van der Waals surface area contributed by atoms with Gasteiger partial charge in [-0.2, -0.15) is 0 Å². The van der Waals surface area contributed by atoms with Gasteiger partial charge in [0, 0.05) is 30.5 Å². The smallest absolute Gasteiger partial charge is 0.243 e. The summed E-state index contributed by atoms with van der Waals surface area (Å²) in [7, 11) is 0. The number of carbonyl (C=O) groups excluding carboxylic acids is 2. The normalized spacial score (nSPS) is 12.9. The van der Waals surface area contributed by atoms with E-state index in [4.69, 9.17) is 21.1 Å². The number of rotatable bonds is 10. The molecular weight excluding hydrogens is 476 g/mol. The number of aryl methyl sites for hydroxylation is 1. The number of benzene rings is 3. The van der Waals surface area contributed by atoms with Crippen LogP contribution in [0.25, 0.3) is 0 Å². The SMILES string of the molecule is CC(C)NC(=O)[C@H](Cc1ccccc1)N(Cc1cccc(Cl)c1)C(=O)CCc1ccc2c(c1)OCO2. The predicted octanol–water partition coefficient (Wildman–Crippen LogP) is 5.17. The number of nitrogens with zero attached hydrogens (tertiary/aromatic N) is 1. The molecular formula is C29H31ClN2O4. The van der Waals surface area contributed by atoms with E-state index in [0.29, 0.717) is 29.4 Å². The van der Waals surface area contributed by atoms with Crippen molar-refractivity contribution in [1.82, 2.24) is 10.2 Å². The van der Waals surface area contributed by atoms with Gasteiger partial charge in [-0.15, -0.1) is 0 Å². The van der Waals surface area contributed by atoms with Crippen LogP contribution in [0, 0.1) is 0 Å². The van der Waals surface area contributed by atoms with Gasteiger partial charge in [0.25, 0.3) is 0 Å². The second kappa shape index (κ2) is 12.0. The van der Waals surface area contributed by atoms with Gasteiger partial charge in [-0.3, -0.25) is 9.59 Å². The lowest BCUT2D eigenvalue weighted by molar-refractivity contribution is -0.141. The molecule has 7 heteroatoms. The lowest BCUT2D eigenvalue weighted by Crippen LogP contribution is -2.51. The van der Waals surface area contributed by atoms with Gasteiger partial charge in [0.05, 0.1) is 0 Å². The number of halogens is 1. The second-order valence-corrected chi connectivity index (χ2v) is 9.64. The monoisotopic (exact) mass is 506 g/mol. The van der Waals surface area contributed by atoms with Crippen LogP contribution in [0.1, 0.15) is 37.0 Å². The quantitative estimate of drug-likeness (QED) is 0.412. The van der Waals surface area contributed by atoms with Crippen molar-refractivity contribution < 1.29 is 19.1 Å². The second-order valence-electron chi connectivity index (χ2n) is 9.21. The van der Waals surface area contributed by atoms with Crippen LogP contribution < -0.4 is 14.8 Å². The summed E-state index contributed by atoms with van der Waals surface area (Å²) in [5.74, 6) is 1.12. The van der Waals surface area contributed by atoms with Crippen molar-refractivity contribution in [1.29, 1.82) is 0 Å². The molecule has 0 spiro atoms. The molecule has 4 rings (SSSR count). The van der Waals surface area contributed by atoms with E-state index in [2.05, 4.69) is 5.32 Å². The van der Waals surface area contributed by atoms with Crippen molar-refractivity contribution in [2.75, 3.05) is 6.79 Å². The fourth-order valence-electron chi connectivity index (χ4n) is 4.26. The van der Waals surface area contributed by atoms with E-state index in [0.717, 1.165) is 16.7 Å². The standard InChI is InChI=1S/C29H31ClN2O4/c1-20(2)31-29(34)25(16-21-7-4-3-5-8-21)32(18-23-9-6-10-24(30)15-23)28(33)14-12-22-11-13-26-27(17-22)36-19-35-26/h3-11,13,15,17,20,25H,12,14,16,18-19H2,1-2H3,(H,31,34)/t25-/m0/s1. The first-order chi connectivity index (χ1) is 17.4. The van der Waals surface area contributed by atoms with Crippen LogP contribution in [0.2, 0.25) is 5.02 Å². The van der Waals surface area contributed by atoms with Crippen molar-refractivity contribution in [3.8, 4) is 11.5 Å². The molecule has 3 aromatic rings. The van der Waals surface area contributed by atoms with Gasteiger partial charge in [0.2, 0.25) is 18.6 Å². The molecule has 188 valence electrons. The average molecular weight is 507 g/mol. The minimum atomic E-state index is -0.668. The van der Waals surface area contributed by atoms with Crippen molar-refractivity contribution in [3.05, 3.63) is 94.5 Å². The predicted molar refractivity (Wildman–Crippen MR) is 140 cm³/mol. The van der Waals surface area contributed by atoms with Crippen molar-refractivity contribution in [2.45, 2.75) is 51.7 Å². The van der Waals surface area contributed by atoms with Crippen LogP contribution in [-0.4, -0.2) is 35.6 Å². The topological polar surface area (TPSA) is 67.9 Å². The Morgan fingerprint density at radius 3 is 2.42 bits per heavy atom. The highest BCUT2D eigenvalue weighted by molar-refractivity contribution is 6.30.